The van der Waals surface area contributed by atoms with Crippen LogP contribution in [0.5, 0.6) is 0 Å². The summed E-state index contributed by atoms with van der Waals surface area (Å²) in [5.41, 5.74) is 1.17. The van der Waals surface area contributed by atoms with E-state index >= 15 is 0 Å². The Morgan fingerprint density at radius 2 is 1.71 bits per heavy atom. The van der Waals surface area contributed by atoms with Crippen LogP contribution < -0.4 is 15.5 Å². The third-order valence-electron chi connectivity index (χ3n) is 6.90. The maximum Gasteiger partial charge on any atom is 0.328 e. The first-order chi connectivity index (χ1) is 19.4. The largest absolute Gasteiger partial charge is 0.478 e. The molecule has 3 atom stereocenters. The monoisotopic (exact) mass is 574 g/mol. The van der Waals surface area contributed by atoms with Crippen molar-refractivity contribution in [3.05, 3.63) is 36.0 Å². The minimum Gasteiger partial charge on any atom is -0.478 e. The zero-order valence-electron chi connectivity index (χ0n) is 24.8. The van der Waals surface area contributed by atoms with E-state index in [2.05, 4.69) is 49.4 Å². The van der Waals surface area contributed by atoms with Gasteiger partial charge in [0.05, 0.1) is 24.5 Å². The third-order valence-corrected chi connectivity index (χ3v) is 6.90. The number of ether oxygens (including phenoxy) is 1. The highest BCUT2D eigenvalue weighted by atomic mass is 16.5. The summed E-state index contributed by atoms with van der Waals surface area (Å²) in [6, 6.07) is 4.26. The lowest BCUT2D eigenvalue weighted by Crippen LogP contribution is -2.51. The van der Waals surface area contributed by atoms with Gasteiger partial charge in [0.2, 0.25) is 11.8 Å². The highest BCUT2D eigenvalue weighted by Gasteiger charge is 2.40. The van der Waals surface area contributed by atoms with Gasteiger partial charge in [0.1, 0.15) is 5.82 Å². The summed E-state index contributed by atoms with van der Waals surface area (Å²) in [6.07, 6.45) is 6.46. The molecule has 0 aromatic carbocycles. The number of carbonyl (C=O) groups is 4. The summed E-state index contributed by atoms with van der Waals surface area (Å²) in [7, 11) is 0. The average Bonchev–Trinajstić information content (AvgIpc) is 3.76. The first-order valence-corrected chi connectivity index (χ1v) is 14.4. The van der Waals surface area contributed by atoms with Gasteiger partial charge < -0.3 is 25.6 Å². The van der Waals surface area contributed by atoms with Crippen molar-refractivity contribution in [1.82, 2.24) is 15.6 Å². The van der Waals surface area contributed by atoms with E-state index in [1.807, 2.05) is 24.1 Å². The van der Waals surface area contributed by atoms with E-state index in [4.69, 9.17) is 14.9 Å². The Morgan fingerprint density at radius 3 is 2.20 bits per heavy atom. The Kier molecular flexibility index (Phi) is 13.9. The maximum atomic E-state index is 13.6. The second-order valence-electron chi connectivity index (χ2n) is 11.3. The molecule has 1 saturated carbocycles. The number of rotatable bonds is 13. The first-order valence-electron chi connectivity index (χ1n) is 14.4. The van der Waals surface area contributed by atoms with Gasteiger partial charge in [-0.1, -0.05) is 33.8 Å². The van der Waals surface area contributed by atoms with Crippen LogP contribution in [0.4, 0.5) is 5.82 Å². The van der Waals surface area contributed by atoms with Gasteiger partial charge >= 0.3 is 11.9 Å². The minimum atomic E-state index is -1.26. The highest BCUT2D eigenvalue weighted by Crippen LogP contribution is 2.34. The second kappa shape index (κ2) is 16.8. The molecule has 1 aliphatic carbocycles. The van der Waals surface area contributed by atoms with Gasteiger partial charge in [-0.15, -0.1) is 0 Å². The van der Waals surface area contributed by atoms with Crippen LogP contribution >= 0.6 is 0 Å². The molecule has 0 radical (unpaired) electrons. The zero-order chi connectivity index (χ0) is 30.5. The van der Waals surface area contributed by atoms with E-state index in [0.29, 0.717) is 56.7 Å². The number of piperidine rings is 1. The number of amides is 2. The van der Waals surface area contributed by atoms with Crippen molar-refractivity contribution in [3.63, 3.8) is 0 Å². The third kappa shape index (κ3) is 12.0. The summed E-state index contributed by atoms with van der Waals surface area (Å²) in [6.45, 7) is 12.9. The van der Waals surface area contributed by atoms with Gasteiger partial charge in [-0.3, -0.25) is 14.5 Å². The van der Waals surface area contributed by atoms with Crippen LogP contribution in [-0.4, -0.2) is 77.3 Å². The molecule has 41 heavy (non-hydrogen) atoms. The van der Waals surface area contributed by atoms with Crippen LogP contribution in [0.15, 0.2) is 30.5 Å². The molecule has 11 heteroatoms. The molecule has 0 unspecified atom stereocenters. The van der Waals surface area contributed by atoms with E-state index in [1.165, 1.54) is 5.56 Å². The number of carbonyl (C=O) groups excluding carboxylic acids is 2. The van der Waals surface area contributed by atoms with Crippen LogP contribution in [0.2, 0.25) is 0 Å². The molecule has 0 bridgehead atoms. The Balaban J connectivity index is 0.000000642. The number of carboxylic acid groups (broad SMARTS) is 2. The first kappa shape index (κ1) is 33.9. The smallest absolute Gasteiger partial charge is 0.328 e. The van der Waals surface area contributed by atoms with Crippen LogP contribution in [-0.2, 0) is 23.9 Å². The van der Waals surface area contributed by atoms with Gasteiger partial charge in [0, 0.05) is 44.1 Å². The average molecular weight is 575 g/mol. The van der Waals surface area contributed by atoms with E-state index in [1.54, 1.807) is 0 Å². The fraction of sp³-hybridized carbons (Fsp3) is 0.633. The van der Waals surface area contributed by atoms with Crippen molar-refractivity contribution in [1.29, 1.82) is 0 Å². The molecular formula is C30H46N4O7. The van der Waals surface area contributed by atoms with Crippen molar-refractivity contribution in [2.45, 2.75) is 78.3 Å². The number of hydrogen-bond acceptors (Lipinski definition) is 7. The summed E-state index contributed by atoms with van der Waals surface area (Å²) >= 11 is 0. The molecule has 3 rings (SSSR count). The molecule has 0 spiro atoms. The number of aliphatic carboxylic acids is 2. The maximum absolute atomic E-state index is 13.6. The van der Waals surface area contributed by atoms with Crippen molar-refractivity contribution in [3.8, 4) is 0 Å². The predicted octanol–water partition coefficient (Wildman–Crippen LogP) is 3.21. The highest BCUT2D eigenvalue weighted by molar-refractivity contribution is 5.96. The SMILES string of the molecule is CCOC[C@@H](CC(C)C)NC(=O)[C@@H]1CNC[C@H](C(=O)N(c2ccc(C(C)C)cn2)C2CC2)C1.O=C(O)/C=C/C(=O)O. The number of hydrogen-bond donors (Lipinski definition) is 4. The number of anilines is 1. The zero-order valence-corrected chi connectivity index (χ0v) is 24.8. The molecular weight excluding hydrogens is 528 g/mol. The van der Waals surface area contributed by atoms with Gasteiger partial charge in [0.15, 0.2) is 0 Å². The molecule has 228 valence electrons. The molecule has 1 saturated heterocycles. The Morgan fingerprint density at radius 1 is 1.07 bits per heavy atom. The van der Waals surface area contributed by atoms with Gasteiger partial charge in [-0.05, 0) is 56.1 Å². The molecule has 11 nitrogen and oxygen atoms in total. The molecule has 2 fully saturated rings. The molecule has 2 aliphatic rings. The topological polar surface area (TPSA) is 158 Å². The number of nitrogens with one attached hydrogen (secondary N) is 2. The van der Waals surface area contributed by atoms with Crippen LogP contribution in [0.3, 0.4) is 0 Å². The Bertz CT molecular complexity index is 1020. The van der Waals surface area contributed by atoms with Crippen molar-refractivity contribution in [2.75, 3.05) is 31.2 Å². The van der Waals surface area contributed by atoms with E-state index < -0.39 is 11.9 Å². The summed E-state index contributed by atoms with van der Waals surface area (Å²) in [5.74, 6) is -1.26. The molecule has 4 N–H and O–H groups in total. The van der Waals surface area contributed by atoms with Crippen LogP contribution in [0, 0.1) is 17.8 Å². The predicted molar refractivity (Wildman–Crippen MR) is 156 cm³/mol. The van der Waals surface area contributed by atoms with Gasteiger partial charge in [0.25, 0.3) is 0 Å². The summed E-state index contributed by atoms with van der Waals surface area (Å²) in [5, 5.41) is 22.1. The molecule has 2 amide bonds. The van der Waals surface area contributed by atoms with Gasteiger partial charge in [-0.2, -0.15) is 0 Å². The Hall–Kier alpha value is -3.31. The lowest BCUT2D eigenvalue weighted by atomic mass is 9.88. The number of carboxylic acids is 2. The fourth-order valence-corrected chi connectivity index (χ4v) is 4.68. The van der Waals surface area contributed by atoms with Gasteiger partial charge in [-0.25, -0.2) is 14.6 Å². The number of aromatic nitrogens is 1. The summed E-state index contributed by atoms with van der Waals surface area (Å²) < 4.78 is 5.58. The van der Waals surface area contributed by atoms with Crippen molar-refractivity contribution >= 4 is 29.6 Å². The molecule has 1 aromatic rings. The lowest BCUT2D eigenvalue weighted by molar-refractivity contribution is -0.134. The normalized spacial score (nSPS) is 19.4. The minimum absolute atomic E-state index is 0.000150. The molecule has 2 heterocycles. The fourth-order valence-electron chi connectivity index (χ4n) is 4.68. The Labute approximate surface area is 242 Å². The van der Waals surface area contributed by atoms with Crippen molar-refractivity contribution < 1.29 is 34.1 Å². The molecule has 1 aromatic heterocycles. The van der Waals surface area contributed by atoms with E-state index in [0.717, 1.165) is 25.1 Å². The number of pyridine rings is 1. The number of nitrogens with zero attached hydrogens (tertiary/aromatic N) is 2. The van der Waals surface area contributed by atoms with Crippen LogP contribution in [0.1, 0.15) is 71.8 Å². The van der Waals surface area contributed by atoms with E-state index in [-0.39, 0.29) is 35.7 Å². The second-order valence-corrected chi connectivity index (χ2v) is 11.3. The standard InChI is InChI=1S/C26H42N4O3.C4H4O4/c1-6-33-16-22(11-17(2)3)29-25(31)20-12-21(14-27-13-20)26(32)30(23-8-9-23)24-10-7-19(15-28-24)18(4)5;5-3(6)1-2-4(7)8/h7,10,15,17-18,20-23,27H,6,8-9,11-14,16H2,1-5H3,(H,29,31);1-2H,(H,5,6)(H,7,8)/b;2-1+/t20-,21+,22+;/m0./s1. The van der Waals surface area contributed by atoms with Crippen LogP contribution in [0.25, 0.3) is 0 Å². The lowest BCUT2D eigenvalue weighted by Gasteiger charge is -2.33. The molecule has 1 aliphatic heterocycles. The quantitative estimate of drug-likeness (QED) is 0.260. The van der Waals surface area contributed by atoms with E-state index in [9.17, 15) is 19.2 Å². The summed E-state index contributed by atoms with van der Waals surface area (Å²) in [4.78, 5) is 52.2. The van der Waals surface area contributed by atoms with Crippen molar-refractivity contribution in [2.24, 2.45) is 17.8 Å².